The molecule has 2 aromatic rings. The highest BCUT2D eigenvalue weighted by Gasteiger charge is 2.18. The Kier molecular flexibility index (Phi) is 5.42. The van der Waals surface area contributed by atoms with E-state index in [1.165, 1.54) is 25.2 Å². The van der Waals surface area contributed by atoms with Crippen LogP contribution in [0.25, 0.3) is 0 Å². The molecule has 0 radical (unpaired) electrons. The molecule has 0 heterocycles. The minimum atomic E-state index is -3.49. The second-order valence-corrected chi connectivity index (χ2v) is 8.17. The number of hydrogen-bond acceptors (Lipinski definition) is 3. The topological polar surface area (TPSA) is 66.5 Å². The Morgan fingerprint density at radius 2 is 1.79 bits per heavy atom. The van der Waals surface area contributed by atoms with Gasteiger partial charge in [-0.1, -0.05) is 23.2 Å². The summed E-state index contributed by atoms with van der Waals surface area (Å²) in [5.74, 6) is -0.375. The van der Waals surface area contributed by atoms with E-state index in [1.54, 1.807) is 18.2 Å². The van der Waals surface area contributed by atoms with E-state index in [9.17, 15) is 13.2 Å². The third kappa shape index (κ3) is 4.20. The van der Waals surface area contributed by atoms with Crippen molar-refractivity contribution < 1.29 is 13.2 Å². The first kappa shape index (κ1) is 18.6. The zero-order chi connectivity index (χ0) is 18.1. The van der Waals surface area contributed by atoms with Crippen molar-refractivity contribution >= 4 is 50.5 Å². The lowest BCUT2D eigenvalue weighted by atomic mass is 10.1. The fourth-order valence-corrected chi connectivity index (χ4v) is 3.07. The molecule has 1 N–H and O–H groups in total. The molecule has 0 aliphatic heterocycles. The molecule has 1 amide bonds. The number of carbonyl (C=O) groups is 1. The molecule has 0 aliphatic rings. The quantitative estimate of drug-likeness (QED) is 0.864. The van der Waals surface area contributed by atoms with Crippen LogP contribution in [0.3, 0.4) is 0 Å². The molecule has 0 saturated carbocycles. The van der Waals surface area contributed by atoms with Crippen LogP contribution in [0.4, 0.5) is 11.4 Å². The fourth-order valence-electron chi connectivity index (χ4n) is 2.04. The first-order chi connectivity index (χ1) is 11.1. The number of nitrogens with zero attached hydrogens (tertiary/aromatic N) is 1. The minimum Gasteiger partial charge on any atom is -0.322 e. The molecule has 0 aliphatic carbocycles. The lowest BCUT2D eigenvalue weighted by molar-refractivity contribution is 0.102. The number of carbonyl (C=O) groups excluding carboxylic acids is 1. The number of benzene rings is 2. The number of hydrogen-bond donors (Lipinski definition) is 1. The van der Waals surface area contributed by atoms with E-state index in [4.69, 9.17) is 23.2 Å². The summed E-state index contributed by atoms with van der Waals surface area (Å²) in [7, 11) is -2.11. The summed E-state index contributed by atoms with van der Waals surface area (Å²) >= 11 is 11.9. The van der Waals surface area contributed by atoms with Gasteiger partial charge < -0.3 is 5.32 Å². The molecule has 128 valence electrons. The molecule has 8 heteroatoms. The maximum Gasteiger partial charge on any atom is 0.255 e. The van der Waals surface area contributed by atoms with Crippen LogP contribution >= 0.6 is 23.2 Å². The van der Waals surface area contributed by atoms with Crippen LogP contribution < -0.4 is 9.62 Å². The first-order valence-electron chi connectivity index (χ1n) is 6.90. The average Bonchev–Trinajstić information content (AvgIpc) is 2.49. The first-order valence-corrected chi connectivity index (χ1v) is 9.51. The fraction of sp³-hybridized carbons (Fsp3) is 0.188. The van der Waals surface area contributed by atoms with Crippen LogP contribution in [-0.2, 0) is 10.0 Å². The van der Waals surface area contributed by atoms with E-state index in [2.05, 4.69) is 5.32 Å². The van der Waals surface area contributed by atoms with Crippen molar-refractivity contribution in [1.29, 1.82) is 0 Å². The van der Waals surface area contributed by atoms with Gasteiger partial charge in [0.1, 0.15) is 0 Å². The van der Waals surface area contributed by atoms with Gasteiger partial charge in [-0.3, -0.25) is 9.10 Å². The highest BCUT2D eigenvalue weighted by molar-refractivity contribution is 7.92. The Bertz CT molecular complexity index is 898. The number of halogens is 2. The van der Waals surface area contributed by atoms with E-state index in [0.29, 0.717) is 16.3 Å². The zero-order valence-corrected chi connectivity index (χ0v) is 15.6. The van der Waals surface area contributed by atoms with Gasteiger partial charge in [0.05, 0.1) is 17.0 Å². The Labute approximate surface area is 151 Å². The summed E-state index contributed by atoms with van der Waals surface area (Å²) < 4.78 is 24.4. The second kappa shape index (κ2) is 7.01. The lowest BCUT2D eigenvalue weighted by Gasteiger charge is -2.19. The van der Waals surface area contributed by atoms with E-state index in [-0.39, 0.29) is 16.6 Å². The molecule has 2 rings (SSSR count). The highest BCUT2D eigenvalue weighted by atomic mass is 35.5. The second-order valence-electron chi connectivity index (χ2n) is 5.31. The van der Waals surface area contributed by atoms with Gasteiger partial charge in [0, 0.05) is 23.3 Å². The minimum absolute atomic E-state index is 0.236. The maximum atomic E-state index is 12.4. The van der Waals surface area contributed by atoms with Gasteiger partial charge in [-0.2, -0.15) is 0 Å². The smallest absolute Gasteiger partial charge is 0.255 e. The van der Waals surface area contributed by atoms with Crippen molar-refractivity contribution in [1.82, 2.24) is 0 Å². The zero-order valence-electron chi connectivity index (χ0n) is 13.3. The molecular formula is C16H16Cl2N2O3S. The van der Waals surface area contributed by atoms with Crippen molar-refractivity contribution in [3.05, 3.63) is 57.6 Å². The van der Waals surface area contributed by atoms with E-state index < -0.39 is 10.0 Å². The Morgan fingerprint density at radius 1 is 1.12 bits per heavy atom. The predicted molar refractivity (Wildman–Crippen MR) is 98.8 cm³/mol. The molecule has 0 saturated heterocycles. The summed E-state index contributed by atoms with van der Waals surface area (Å²) in [4.78, 5) is 12.4. The Balaban J connectivity index is 2.33. The van der Waals surface area contributed by atoms with Crippen molar-refractivity contribution in [3.63, 3.8) is 0 Å². The van der Waals surface area contributed by atoms with Crippen LogP contribution in [0.1, 0.15) is 15.9 Å². The summed E-state index contributed by atoms with van der Waals surface area (Å²) in [6, 6.07) is 9.57. The van der Waals surface area contributed by atoms with Gasteiger partial charge in [-0.05, 0) is 48.9 Å². The number of aryl methyl sites for hydroxylation is 1. The number of anilines is 2. The molecule has 24 heavy (non-hydrogen) atoms. The predicted octanol–water partition coefficient (Wildman–Crippen LogP) is 3.95. The summed E-state index contributed by atoms with van der Waals surface area (Å²) in [5.41, 5.74) is 1.97. The molecular weight excluding hydrogens is 371 g/mol. The molecule has 2 aromatic carbocycles. The third-order valence-corrected chi connectivity index (χ3v) is 5.23. The average molecular weight is 387 g/mol. The SMILES string of the molecule is Cc1cc(Cl)ccc1NC(=O)c1ccc(Cl)c(N(C)S(C)(=O)=O)c1. The monoisotopic (exact) mass is 386 g/mol. The molecule has 0 unspecified atom stereocenters. The van der Waals surface area contributed by atoms with Gasteiger partial charge in [-0.25, -0.2) is 8.42 Å². The highest BCUT2D eigenvalue weighted by Crippen LogP contribution is 2.28. The normalized spacial score (nSPS) is 11.2. The summed E-state index contributed by atoms with van der Waals surface area (Å²) in [5, 5.41) is 3.59. The molecule has 0 bridgehead atoms. The van der Waals surface area contributed by atoms with Crippen molar-refractivity contribution in [2.24, 2.45) is 0 Å². The van der Waals surface area contributed by atoms with Gasteiger partial charge in [0.25, 0.3) is 5.91 Å². The molecule has 0 spiro atoms. The van der Waals surface area contributed by atoms with Gasteiger partial charge in [-0.15, -0.1) is 0 Å². The van der Waals surface area contributed by atoms with Crippen LogP contribution in [0.2, 0.25) is 10.0 Å². The Morgan fingerprint density at radius 3 is 2.38 bits per heavy atom. The maximum absolute atomic E-state index is 12.4. The van der Waals surface area contributed by atoms with Crippen molar-refractivity contribution in [3.8, 4) is 0 Å². The molecule has 0 fully saturated rings. The van der Waals surface area contributed by atoms with Crippen molar-refractivity contribution in [2.75, 3.05) is 22.9 Å². The van der Waals surface area contributed by atoms with Gasteiger partial charge in [0.15, 0.2) is 0 Å². The van der Waals surface area contributed by atoms with Crippen LogP contribution in [-0.4, -0.2) is 27.6 Å². The van der Waals surface area contributed by atoms with Gasteiger partial charge in [0.2, 0.25) is 10.0 Å². The molecule has 5 nitrogen and oxygen atoms in total. The molecule has 0 aromatic heterocycles. The molecule has 0 atom stereocenters. The third-order valence-electron chi connectivity index (χ3n) is 3.48. The van der Waals surface area contributed by atoms with Crippen LogP contribution in [0.15, 0.2) is 36.4 Å². The standard InChI is InChI=1S/C16H16Cl2N2O3S/c1-10-8-12(17)5-7-14(10)19-16(21)11-4-6-13(18)15(9-11)20(2)24(3,22)23/h4-9H,1-3H3,(H,19,21). The van der Waals surface area contributed by atoms with E-state index >= 15 is 0 Å². The van der Waals surface area contributed by atoms with Crippen LogP contribution in [0, 0.1) is 6.92 Å². The van der Waals surface area contributed by atoms with E-state index in [1.807, 2.05) is 6.92 Å². The lowest BCUT2D eigenvalue weighted by Crippen LogP contribution is -2.25. The van der Waals surface area contributed by atoms with Crippen LogP contribution in [0.5, 0.6) is 0 Å². The number of rotatable bonds is 4. The Hall–Kier alpha value is -1.76. The number of amides is 1. The van der Waals surface area contributed by atoms with E-state index in [0.717, 1.165) is 16.1 Å². The van der Waals surface area contributed by atoms with Crippen molar-refractivity contribution in [2.45, 2.75) is 6.92 Å². The number of sulfonamides is 1. The number of nitrogens with one attached hydrogen (secondary N) is 1. The van der Waals surface area contributed by atoms with Gasteiger partial charge >= 0.3 is 0 Å². The summed E-state index contributed by atoms with van der Waals surface area (Å²) in [6.07, 6.45) is 1.06. The summed E-state index contributed by atoms with van der Waals surface area (Å²) in [6.45, 7) is 1.83. The largest absolute Gasteiger partial charge is 0.322 e.